The van der Waals surface area contributed by atoms with Gasteiger partial charge in [-0.05, 0) is 40.2 Å². The van der Waals surface area contributed by atoms with Gasteiger partial charge in [0.1, 0.15) is 10.0 Å². The lowest BCUT2D eigenvalue weighted by Gasteiger charge is -2.16. The Labute approximate surface area is 129 Å². The number of hydrogen-bond donors (Lipinski definition) is 0. The molecule has 0 saturated heterocycles. The summed E-state index contributed by atoms with van der Waals surface area (Å²) in [5.41, 5.74) is 0. The van der Waals surface area contributed by atoms with Crippen LogP contribution in [0.1, 0.15) is 4.88 Å². The van der Waals surface area contributed by atoms with Gasteiger partial charge in [0, 0.05) is 24.7 Å². The Balaban J connectivity index is 2.21. The highest BCUT2D eigenvalue weighted by atomic mass is 79.9. The fourth-order valence-corrected chi connectivity index (χ4v) is 4.26. The van der Waals surface area contributed by atoms with Gasteiger partial charge in [-0.3, -0.25) is 0 Å². The maximum Gasteiger partial charge on any atom is 0.244 e. The van der Waals surface area contributed by atoms with Gasteiger partial charge in [0.15, 0.2) is 0 Å². The second-order valence-electron chi connectivity index (χ2n) is 3.78. The van der Waals surface area contributed by atoms with Crippen molar-refractivity contribution in [2.24, 2.45) is 0 Å². The zero-order valence-corrected chi connectivity index (χ0v) is 13.9. The third-order valence-corrected chi connectivity index (χ3v) is 6.03. The standard InChI is InChI=1S/C11H10BrClN2O2S2/c1-15(7-8-2-4-10(12)18-8)19(16,17)9-3-5-11(13)14-6-9/h2-6H,7H2,1H3. The molecule has 0 amide bonds. The van der Waals surface area contributed by atoms with Gasteiger partial charge in [-0.15, -0.1) is 11.3 Å². The Morgan fingerprint density at radius 2 is 2.11 bits per heavy atom. The Kier molecular flexibility index (Phi) is 4.62. The Morgan fingerprint density at radius 3 is 2.63 bits per heavy atom. The van der Waals surface area contributed by atoms with Crippen molar-refractivity contribution >= 4 is 48.9 Å². The number of aromatic nitrogens is 1. The summed E-state index contributed by atoms with van der Waals surface area (Å²) >= 11 is 10.5. The maximum absolute atomic E-state index is 12.3. The molecule has 8 heteroatoms. The maximum atomic E-state index is 12.3. The van der Waals surface area contributed by atoms with Gasteiger partial charge in [-0.2, -0.15) is 4.31 Å². The molecule has 102 valence electrons. The van der Waals surface area contributed by atoms with Crippen LogP contribution < -0.4 is 0 Å². The molecule has 2 heterocycles. The van der Waals surface area contributed by atoms with Gasteiger partial charge in [0.25, 0.3) is 0 Å². The van der Waals surface area contributed by atoms with Crippen LogP contribution in [0.5, 0.6) is 0 Å². The Bertz CT molecular complexity index is 670. The van der Waals surface area contributed by atoms with E-state index in [9.17, 15) is 8.42 Å². The summed E-state index contributed by atoms with van der Waals surface area (Å²) < 4.78 is 26.8. The molecular weight excluding hydrogens is 372 g/mol. The van der Waals surface area contributed by atoms with Crippen molar-refractivity contribution in [3.05, 3.63) is 44.3 Å². The zero-order valence-electron chi connectivity index (χ0n) is 9.88. The van der Waals surface area contributed by atoms with Gasteiger partial charge >= 0.3 is 0 Å². The van der Waals surface area contributed by atoms with Crippen LogP contribution in [-0.4, -0.2) is 24.8 Å². The van der Waals surface area contributed by atoms with E-state index >= 15 is 0 Å². The van der Waals surface area contributed by atoms with Gasteiger partial charge in [-0.25, -0.2) is 13.4 Å². The Morgan fingerprint density at radius 1 is 1.37 bits per heavy atom. The molecule has 0 spiro atoms. The summed E-state index contributed by atoms with van der Waals surface area (Å²) in [7, 11) is -2.00. The molecule has 0 fully saturated rings. The first-order valence-electron chi connectivity index (χ1n) is 5.22. The Hall–Kier alpha value is -0.470. The smallest absolute Gasteiger partial charge is 0.243 e. The molecule has 0 aliphatic rings. The molecule has 2 rings (SSSR count). The van der Waals surface area contributed by atoms with Crippen LogP contribution in [0.3, 0.4) is 0 Å². The number of pyridine rings is 1. The molecule has 0 aliphatic carbocycles. The van der Waals surface area contributed by atoms with E-state index in [4.69, 9.17) is 11.6 Å². The third-order valence-electron chi connectivity index (χ3n) is 2.42. The first-order chi connectivity index (χ1) is 8.89. The van der Waals surface area contributed by atoms with E-state index < -0.39 is 10.0 Å². The van der Waals surface area contributed by atoms with Crippen LogP contribution in [0, 0.1) is 0 Å². The van der Waals surface area contributed by atoms with Crippen LogP contribution in [0.15, 0.2) is 39.1 Å². The molecule has 0 atom stereocenters. The van der Waals surface area contributed by atoms with E-state index in [2.05, 4.69) is 20.9 Å². The van der Waals surface area contributed by atoms with Crippen molar-refractivity contribution in [3.63, 3.8) is 0 Å². The molecule has 0 radical (unpaired) electrons. The number of halogens is 2. The van der Waals surface area contributed by atoms with Gasteiger partial charge in [-0.1, -0.05) is 11.6 Å². The molecule has 0 bridgehead atoms. The first-order valence-corrected chi connectivity index (χ1v) is 8.64. The third kappa shape index (κ3) is 3.55. The molecule has 4 nitrogen and oxygen atoms in total. The lowest BCUT2D eigenvalue weighted by Crippen LogP contribution is -2.26. The van der Waals surface area contributed by atoms with Crippen LogP contribution in [0.2, 0.25) is 5.15 Å². The van der Waals surface area contributed by atoms with Crippen molar-refractivity contribution in [2.45, 2.75) is 11.4 Å². The summed E-state index contributed by atoms with van der Waals surface area (Å²) in [4.78, 5) is 4.89. The average Bonchev–Trinajstić information content (AvgIpc) is 2.75. The monoisotopic (exact) mass is 380 g/mol. The van der Waals surface area contributed by atoms with Gasteiger partial charge < -0.3 is 0 Å². The average molecular weight is 382 g/mol. The van der Waals surface area contributed by atoms with Crippen LogP contribution in [0.4, 0.5) is 0 Å². The second kappa shape index (κ2) is 5.88. The fourth-order valence-electron chi connectivity index (χ4n) is 1.44. The number of sulfonamides is 1. The molecule has 0 unspecified atom stereocenters. The van der Waals surface area contributed by atoms with Crippen LogP contribution >= 0.6 is 38.9 Å². The van der Waals surface area contributed by atoms with Crippen molar-refractivity contribution in [1.29, 1.82) is 0 Å². The molecule has 2 aromatic heterocycles. The SMILES string of the molecule is CN(Cc1ccc(Br)s1)S(=O)(=O)c1ccc(Cl)nc1. The molecule has 0 saturated carbocycles. The molecule has 0 aromatic carbocycles. The molecule has 19 heavy (non-hydrogen) atoms. The number of thiophene rings is 1. The van der Waals surface area contributed by atoms with E-state index in [0.29, 0.717) is 6.54 Å². The topological polar surface area (TPSA) is 50.3 Å². The summed E-state index contributed by atoms with van der Waals surface area (Å²) in [6.07, 6.45) is 1.26. The lowest BCUT2D eigenvalue weighted by molar-refractivity contribution is 0.469. The molecule has 0 N–H and O–H groups in total. The highest BCUT2D eigenvalue weighted by Gasteiger charge is 2.21. The molecular formula is C11H10BrClN2O2S2. The van der Waals surface area contributed by atoms with Crippen LogP contribution in [0.25, 0.3) is 0 Å². The summed E-state index contributed by atoms with van der Waals surface area (Å²) in [5.74, 6) is 0. The van der Waals surface area contributed by atoms with Gasteiger partial charge in [0.05, 0.1) is 3.79 Å². The minimum atomic E-state index is -3.54. The fraction of sp³-hybridized carbons (Fsp3) is 0.182. The van der Waals surface area contributed by atoms with Crippen molar-refractivity contribution in [2.75, 3.05) is 7.05 Å². The minimum absolute atomic E-state index is 0.134. The summed E-state index contributed by atoms with van der Waals surface area (Å²) in [6, 6.07) is 6.70. The van der Waals surface area contributed by atoms with E-state index in [1.54, 1.807) is 0 Å². The predicted octanol–water partition coefficient (Wildman–Crippen LogP) is 3.38. The van der Waals surface area contributed by atoms with Gasteiger partial charge in [0.2, 0.25) is 10.0 Å². The normalized spacial score (nSPS) is 12.0. The molecule has 0 aliphatic heterocycles. The largest absolute Gasteiger partial charge is 0.244 e. The van der Waals surface area contributed by atoms with Crippen LogP contribution in [-0.2, 0) is 16.6 Å². The number of nitrogens with zero attached hydrogens (tertiary/aromatic N) is 2. The zero-order chi connectivity index (χ0) is 14.0. The summed E-state index contributed by atoms with van der Waals surface area (Å²) in [5, 5.41) is 0.267. The van der Waals surface area contributed by atoms with Crippen molar-refractivity contribution < 1.29 is 8.42 Å². The van der Waals surface area contributed by atoms with E-state index in [-0.39, 0.29) is 10.0 Å². The second-order valence-corrected chi connectivity index (χ2v) is 8.76. The quantitative estimate of drug-likeness (QED) is 0.763. The minimum Gasteiger partial charge on any atom is -0.243 e. The predicted molar refractivity (Wildman–Crippen MR) is 79.9 cm³/mol. The highest BCUT2D eigenvalue weighted by molar-refractivity contribution is 9.11. The highest BCUT2D eigenvalue weighted by Crippen LogP contribution is 2.25. The lowest BCUT2D eigenvalue weighted by atomic mass is 10.5. The van der Waals surface area contributed by atoms with E-state index in [1.807, 2.05) is 12.1 Å². The number of hydrogen-bond acceptors (Lipinski definition) is 4. The van der Waals surface area contributed by atoms with Crippen molar-refractivity contribution in [3.8, 4) is 0 Å². The molecule has 2 aromatic rings. The van der Waals surface area contributed by atoms with E-state index in [1.165, 1.54) is 41.0 Å². The van der Waals surface area contributed by atoms with E-state index in [0.717, 1.165) is 8.66 Å². The summed E-state index contributed by atoms with van der Waals surface area (Å²) in [6.45, 7) is 0.321. The van der Waals surface area contributed by atoms with Crippen molar-refractivity contribution in [1.82, 2.24) is 9.29 Å². The number of rotatable bonds is 4. The first kappa shape index (κ1) is 14.9.